The van der Waals surface area contributed by atoms with Gasteiger partial charge in [0.15, 0.2) is 5.78 Å². The van der Waals surface area contributed by atoms with Gasteiger partial charge in [0, 0.05) is 35.6 Å². The molecule has 0 radical (unpaired) electrons. The zero-order chi connectivity index (χ0) is 29.8. The molecule has 1 saturated carbocycles. The van der Waals surface area contributed by atoms with Crippen LogP contribution in [0.3, 0.4) is 0 Å². The van der Waals surface area contributed by atoms with E-state index in [4.69, 9.17) is 21.9 Å². The first kappa shape index (κ1) is 27.9. The number of benzene rings is 3. The van der Waals surface area contributed by atoms with Crippen molar-refractivity contribution in [1.29, 1.82) is 0 Å². The summed E-state index contributed by atoms with van der Waals surface area (Å²) in [7, 11) is 0. The van der Waals surface area contributed by atoms with E-state index in [9.17, 15) is 14.4 Å². The first-order valence-electron chi connectivity index (χ1n) is 14.0. The number of hydrogen-bond acceptors (Lipinski definition) is 8. The van der Waals surface area contributed by atoms with Gasteiger partial charge in [-0.3, -0.25) is 14.4 Å². The van der Waals surface area contributed by atoms with Crippen molar-refractivity contribution in [1.82, 2.24) is 10.6 Å². The number of anilines is 1. The molecule has 216 valence electrons. The van der Waals surface area contributed by atoms with Crippen molar-refractivity contribution >= 4 is 44.7 Å². The standard InChI is InChI=1S/C32H33N5O4S/c1-16-15-19(41-18-7-4-3-5-8-18)11-12-20(16)32(35)21-13-14-22(33)28-25(21)26(27(34)30(32)39)29(42-28)31(40)37-24-10-6-9-23(24)36-17(2)38/h3-5,7-8,11-15,23-24,27H,6,9-10,33-35H2,1-2H3,(H,36,38)(H,37,40)/t23-,24+,27?,32?/m0/s1. The summed E-state index contributed by atoms with van der Waals surface area (Å²) in [5, 5.41) is 6.65. The minimum atomic E-state index is -1.56. The highest BCUT2D eigenvalue weighted by molar-refractivity contribution is 7.21. The van der Waals surface area contributed by atoms with Crippen LogP contribution in [0.15, 0.2) is 60.7 Å². The largest absolute Gasteiger partial charge is 0.457 e. The third kappa shape index (κ3) is 4.52. The van der Waals surface area contributed by atoms with Crippen molar-refractivity contribution < 1.29 is 19.1 Å². The van der Waals surface area contributed by atoms with Gasteiger partial charge in [-0.2, -0.15) is 0 Å². The second-order valence-corrected chi connectivity index (χ2v) is 12.1. The fraction of sp³-hybridized carbons (Fsp3) is 0.281. The molecule has 1 aromatic heterocycles. The van der Waals surface area contributed by atoms with Gasteiger partial charge in [0.25, 0.3) is 5.91 Å². The number of para-hydroxylation sites is 1. The Morgan fingerprint density at radius 3 is 2.36 bits per heavy atom. The van der Waals surface area contributed by atoms with E-state index in [2.05, 4.69) is 10.6 Å². The van der Waals surface area contributed by atoms with Crippen molar-refractivity contribution in [3.05, 3.63) is 87.8 Å². The highest BCUT2D eigenvalue weighted by atomic mass is 32.1. The predicted molar refractivity (Wildman–Crippen MR) is 164 cm³/mol. The van der Waals surface area contributed by atoms with Crippen molar-refractivity contribution in [2.45, 2.75) is 56.8 Å². The van der Waals surface area contributed by atoms with E-state index < -0.39 is 17.4 Å². The van der Waals surface area contributed by atoms with Crippen LogP contribution in [0.5, 0.6) is 11.5 Å². The molecule has 2 aliphatic carbocycles. The second-order valence-electron chi connectivity index (χ2n) is 11.1. The summed E-state index contributed by atoms with van der Waals surface area (Å²) in [4.78, 5) is 39.9. The van der Waals surface area contributed by atoms with Crippen molar-refractivity contribution in [2.75, 3.05) is 5.73 Å². The molecule has 6 rings (SSSR count). The first-order chi connectivity index (χ1) is 20.1. The molecule has 0 saturated heterocycles. The van der Waals surface area contributed by atoms with E-state index >= 15 is 0 Å². The number of ether oxygens (including phenoxy) is 1. The second kappa shape index (κ2) is 10.5. The Morgan fingerprint density at radius 2 is 1.67 bits per heavy atom. The Kier molecular flexibility index (Phi) is 7.00. The maximum Gasteiger partial charge on any atom is 0.262 e. The number of nitrogens with one attached hydrogen (secondary N) is 2. The van der Waals surface area contributed by atoms with Crippen LogP contribution in [-0.4, -0.2) is 29.7 Å². The van der Waals surface area contributed by atoms with E-state index in [0.29, 0.717) is 48.8 Å². The van der Waals surface area contributed by atoms with Crippen LogP contribution in [0, 0.1) is 6.92 Å². The van der Waals surface area contributed by atoms with E-state index in [-0.39, 0.29) is 23.9 Å². The fourth-order valence-electron chi connectivity index (χ4n) is 6.39. The van der Waals surface area contributed by atoms with Gasteiger partial charge in [-0.15, -0.1) is 11.3 Å². The predicted octanol–water partition coefficient (Wildman–Crippen LogP) is 4.16. The lowest BCUT2D eigenvalue weighted by Gasteiger charge is -2.37. The van der Waals surface area contributed by atoms with E-state index in [1.54, 1.807) is 24.3 Å². The molecule has 10 heteroatoms. The zero-order valence-electron chi connectivity index (χ0n) is 23.4. The van der Waals surface area contributed by atoms with E-state index in [1.165, 1.54) is 18.3 Å². The maximum absolute atomic E-state index is 14.2. The number of nitrogen functional groups attached to an aromatic ring is 1. The van der Waals surface area contributed by atoms with Gasteiger partial charge in [-0.05, 0) is 73.2 Å². The Morgan fingerprint density at radius 1 is 0.976 bits per heavy atom. The van der Waals surface area contributed by atoms with Gasteiger partial charge < -0.3 is 32.6 Å². The van der Waals surface area contributed by atoms with Crippen LogP contribution >= 0.6 is 11.3 Å². The van der Waals surface area contributed by atoms with Gasteiger partial charge in [0.1, 0.15) is 17.0 Å². The van der Waals surface area contributed by atoms with Gasteiger partial charge in [-0.1, -0.05) is 30.3 Å². The Balaban J connectivity index is 1.41. The van der Waals surface area contributed by atoms with Crippen LogP contribution in [0.1, 0.15) is 64.2 Å². The number of thiophene rings is 1. The normalized spacial score (nSPS) is 23.1. The minimum Gasteiger partial charge on any atom is -0.457 e. The molecular weight excluding hydrogens is 550 g/mol. The van der Waals surface area contributed by atoms with Crippen molar-refractivity contribution in [2.24, 2.45) is 11.5 Å². The molecule has 2 unspecified atom stereocenters. The Hall–Kier alpha value is -4.25. The van der Waals surface area contributed by atoms with Crippen LogP contribution in [0.2, 0.25) is 0 Å². The van der Waals surface area contributed by atoms with E-state index in [0.717, 1.165) is 24.8 Å². The van der Waals surface area contributed by atoms with Gasteiger partial charge >= 0.3 is 0 Å². The summed E-state index contributed by atoms with van der Waals surface area (Å²) >= 11 is 1.21. The molecule has 3 aromatic carbocycles. The fourth-order valence-corrected chi connectivity index (χ4v) is 7.60. The number of ketones is 1. The molecule has 2 amide bonds. The summed E-state index contributed by atoms with van der Waals surface area (Å²) < 4.78 is 6.66. The van der Waals surface area contributed by atoms with E-state index in [1.807, 2.05) is 43.3 Å². The summed E-state index contributed by atoms with van der Waals surface area (Å²) in [6.45, 7) is 3.34. The van der Waals surface area contributed by atoms with Crippen LogP contribution in [0.4, 0.5) is 5.69 Å². The van der Waals surface area contributed by atoms with Crippen LogP contribution in [0.25, 0.3) is 10.1 Å². The molecule has 9 nitrogen and oxygen atoms in total. The molecule has 42 heavy (non-hydrogen) atoms. The number of aryl methyl sites for hydroxylation is 1. The highest BCUT2D eigenvalue weighted by Gasteiger charge is 2.49. The van der Waals surface area contributed by atoms with Crippen LogP contribution in [-0.2, 0) is 15.1 Å². The van der Waals surface area contributed by atoms with Crippen LogP contribution < -0.4 is 32.6 Å². The van der Waals surface area contributed by atoms with Crippen molar-refractivity contribution in [3.63, 3.8) is 0 Å². The summed E-state index contributed by atoms with van der Waals surface area (Å²) in [6, 6.07) is 16.8. The smallest absolute Gasteiger partial charge is 0.262 e. The third-order valence-corrected chi connectivity index (χ3v) is 9.60. The third-order valence-electron chi connectivity index (χ3n) is 8.34. The number of amides is 2. The Bertz CT molecular complexity index is 1740. The molecule has 4 atom stereocenters. The summed E-state index contributed by atoms with van der Waals surface area (Å²) in [5.41, 5.74) is 21.4. The summed E-state index contributed by atoms with van der Waals surface area (Å²) in [5.74, 6) is 0.409. The lowest BCUT2D eigenvalue weighted by Crippen LogP contribution is -2.53. The number of rotatable bonds is 6. The molecule has 4 aromatic rings. The zero-order valence-corrected chi connectivity index (χ0v) is 24.2. The lowest BCUT2D eigenvalue weighted by atomic mass is 9.69. The molecule has 0 aliphatic heterocycles. The molecule has 2 aliphatic rings. The number of nitrogens with two attached hydrogens (primary N) is 3. The quantitative estimate of drug-likeness (QED) is 0.213. The van der Waals surface area contributed by atoms with Gasteiger partial charge in [0.2, 0.25) is 5.91 Å². The molecule has 8 N–H and O–H groups in total. The van der Waals surface area contributed by atoms with Crippen molar-refractivity contribution in [3.8, 4) is 11.5 Å². The first-order valence-corrected chi connectivity index (χ1v) is 14.8. The Labute approximate surface area is 247 Å². The number of carbonyl (C=O) groups is 3. The van der Waals surface area contributed by atoms with Gasteiger partial charge in [0.05, 0.1) is 15.6 Å². The molecule has 1 fully saturated rings. The number of hydrogen-bond donors (Lipinski definition) is 5. The molecule has 0 spiro atoms. The molecule has 1 heterocycles. The summed E-state index contributed by atoms with van der Waals surface area (Å²) in [6.07, 6.45) is 2.40. The maximum atomic E-state index is 14.2. The lowest BCUT2D eigenvalue weighted by molar-refractivity contribution is -0.124. The molecular formula is C32H33N5O4S. The number of carbonyl (C=O) groups excluding carboxylic acids is 3. The van der Waals surface area contributed by atoms with Gasteiger partial charge in [-0.25, -0.2) is 0 Å². The average molecular weight is 584 g/mol. The molecule has 0 bridgehead atoms. The minimum absolute atomic E-state index is 0.141. The monoisotopic (exact) mass is 583 g/mol. The number of Topliss-reactive ketones (excluding diaryl/α,β-unsaturated/α-hetero) is 1. The highest BCUT2D eigenvalue weighted by Crippen LogP contribution is 2.50. The average Bonchev–Trinajstić information content (AvgIpc) is 3.57. The SMILES string of the molecule is CC(=O)N[C@H]1CCC[C@H]1NC(=O)c1sc2c(N)ccc3c2c1C(N)C(=O)C3(N)c1ccc(Oc2ccccc2)cc1C. The topological polar surface area (TPSA) is 163 Å².